The fraction of sp³-hybridized carbons (Fsp3) is 0.681. The van der Waals surface area contributed by atoms with Gasteiger partial charge in [-0.1, -0.05) is 147 Å². The first-order valence-electron chi connectivity index (χ1n) is 33.7. The Balaban J connectivity index is 1.35. The van der Waals surface area contributed by atoms with Gasteiger partial charge in [0.2, 0.25) is 23.6 Å². The first-order chi connectivity index (χ1) is 43.9. The minimum Gasteiger partial charge on any atom is -0.492 e. The maximum absolute atomic E-state index is 14.8. The molecule has 516 valence electrons. The summed E-state index contributed by atoms with van der Waals surface area (Å²) in [6, 6.07) is 6.73. The van der Waals surface area contributed by atoms with Crippen LogP contribution in [0.15, 0.2) is 54.1 Å². The number of methoxy groups -OCH3 is 1. The number of allylic oxidation sites excluding steroid dienone is 3. The molecule has 11 atom stereocenters. The van der Waals surface area contributed by atoms with Crippen LogP contribution in [0, 0.1) is 17.8 Å². The molecule has 3 heterocycles. The van der Waals surface area contributed by atoms with Gasteiger partial charge in [-0.05, 0) is 132 Å². The lowest BCUT2D eigenvalue weighted by molar-refractivity contribution is -0.142. The van der Waals surface area contributed by atoms with Crippen molar-refractivity contribution in [2.24, 2.45) is 23.5 Å². The number of nitrogens with two attached hydrogens (primary N) is 1. The molecule has 3 aliphatic rings. The van der Waals surface area contributed by atoms with E-state index >= 15 is 0 Å². The average Bonchev–Trinajstić information content (AvgIpc) is 1.57. The van der Waals surface area contributed by atoms with Crippen molar-refractivity contribution in [1.29, 1.82) is 0 Å². The Morgan fingerprint density at radius 3 is 2.30 bits per heavy atom. The Labute approximate surface area is 557 Å². The molecule has 2 saturated heterocycles. The van der Waals surface area contributed by atoms with Crippen LogP contribution >= 0.6 is 23.2 Å². The number of benzene rings is 2. The summed E-state index contributed by atoms with van der Waals surface area (Å²) in [6.07, 6.45) is 15.1. The zero-order chi connectivity index (χ0) is 67.5. The fourth-order valence-electron chi connectivity index (χ4n) is 12.2. The van der Waals surface area contributed by atoms with Crippen LogP contribution in [0.4, 0.5) is 26.7 Å². The Kier molecular flexibility index (Phi) is 32.5. The number of amides is 6. The molecule has 23 heteroatoms. The van der Waals surface area contributed by atoms with Crippen molar-refractivity contribution < 1.29 is 57.6 Å². The van der Waals surface area contributed by atoms with Crippen LogP contribution in [-0.2, 0) is 44.5 Å². The molecule has 0 radical (unpaired) electrons. The molecule has 0 aliphatic carbocycles. The second-order valence-electron chi connectivity index (χ2n) is 25.8. The third-order valence-electron chi connectivity index (χ3n) is 17.9. The molecular formula is C69H109Cl2N9O12. The first-order valence-corrected chi connectivity index (χ1v) is 34.5. The highest BCUT2D eigenvalue weighted by Crippen LogP contribution is 2.49. The highest BCUT2D eigenvalue weighted by Gasteiger charge is 2.64. The molecule has 0 spiro atoms. The molecule has 21 nitrogen and oxygen atoms in total. The average molecular weight is 1330 g/mol. The number of carbonyl (C=O) groups is 6. The van der Waals surface area contributed by atoms with Gasteiger partial charge in [-0.3, -0.25) is 29.8 Å². The minimum atomic E-state index is -1.90. The van der Waals surface area contributed by atoms with Gasteiger partial charge >= 0.3 is 12.2 Å². The number of alkyl carbamates (subject to hydrolysis) is 1. The van der Waals surface area contributed by atoms with Crippen LogP contribution < -0.4 is 52.6 Å². The number of hydrogen-bond acceptors (Lipinski definition) is 15. The van der Waals surface area contributed by atoms with E-state index in [1.54, 1.807) is 33.0 Å². The highest BCUT2D eigenvalue weighted by atomic mass is 35.5. The smallest absolute Gasteiger partial charge is 0.412 e. The van der Waals surface area contributed by atoms with Crippen molar-refractivity contribution in [2.45, 2.75) is 245 Å². The van der Waals surface area contributed by atoms with Crippen LogP contribution in [0.25, 0.3) is 0 Å². The number of aliphatic hydroxyl groups is 1. The Bertz CT molecular complexity index is 2770. The SMILES string of the molecule is CCCCCC(CCC)COc1cc2cc(c1Cl)N(C)C(=O)C[C@H](OC(=O)Nc1ccc(NC(=O)[C@H](CCCNCN)NC(=O)[C@@H](NC(=O)CCCCCNC(CC)CCCCC)C(C)C)cc1Cl)[C@]1(C)O[C@H]1[C@H](C)[C@@H]1C[C@@](O)(NC(=O)O1)[C@H](OC)/C=C/C=C(\C)C2. The Morgan fingerprint density at radius 2 is 1.63 bits per heavy atom. The summed E-state index contributed by atoms with van der Waals surface area (Å²) >= 11 is 14.1. The summed E-state index contributed by atoms with van der Waals surface area (Å²) in [4.78, 5) is 85.0. The lowest BCUT2D eigenvalue weighted by Crippen LogP contribution is -2.63. The summed E-state index contributed by atoms with van der Waals surface area (Å²) in [5.41, 5.74) is 4.89. The van der Waals surface area contributed by atoms with Crippen molar-refractivity contribution in [3.05, 3.63) is 69.7 Å². The summed E-state index contributed by atoms with van der Waals surface area (Å²) in [5.74, 6) is -1.93. The third kappa shape index (κ3) is 23.7. The van der Waals surface area contributed by atoms with Crippen LogP contribution in [0.5, 0.6) is 5.75 Å². The maximum atomic E-state index is 14.8. The lowest BCUT2D eigenvalue weighted by atomic mass is 9.83. The fourth-order valence-corrected chi connectivity index (χ4v) is 12.7. The lowest BCUT2D eigenvalue weighted by Gasteiger charge is -2.42. The normalized spacial score (nSPS) is 23.9. The van der Waals surface area contributed by atoms with Crippen LogP contribution in [0.2, 0.25) is 10.0 Å². The maximum Gasteiger partial charge on any atom is 0.412 e. The van der Waals surface area contributed by atoms with Crippen molar-refractivity contribution in [1.82, 2.24) is 26.6 Å². The second kappa shape index (κ2) is 38.7. The Morgan fingerprint density at radius 1 is 0.891 bits per heavy atom. The monoisotopic (exact) mass is 1330 g/mol. The van der Waals surface area contributed by atoms with E-state index in [1.165, 1.54) is 55.9 Å². The van der Waals surface area contributed by atoms with E-state index in [0.29, 0.717) is 55.8 Å². The van der Waals surface area contributed by atoms with Gasteiger partial charge in [0.1, 0.15) is 46.8 Å². The van der Waals surface area contributed by atoms with Crippen molar-refractivity contribution in [2.75, 3.05) is 56.1 Å². The Hall–Kier alpha value is -5.52. The predicted molar refractivity (Wildman–Crippen MR) is 364 cm³/mol. The van der Waals surface area contributed by atoms with Gasteiger partial charge in [0.05, 0.1) is 35.5 Å². The van der Waals surface area contributed by atoms with E-state index in [-0.39, 0.29) is 59.2 Å². The van der Waals surface area contributed by atoms with Crippen LogP contribution in [0.3, 0.4) is 0 Å². The number of anilines is 3. The minimum absolute atomic E-state index is 0.0135. The summed E-state index contributed by atoms with van der Waals surface area (Å²) in [5, 5.41) is 32.9. The van der Waals surface area contributed by atoms with Crippen LogP contribution in [-0.4, -0.2) is 135 Å². The van der Waals surface area contributed by atoms with E-state index in [2.05, 4.69) is 64.9 Å². The van der Waals surface area contributed by atoms with E-state index < -0.39 is 90.1 Å². The van der Waals surface area contributed by atoms with E-state index in [9.17, 15) is 33.9 Å². The number of nitrogens with zero attached hydrogens (tertiary/aromatic N) is 1. The number of hydrogen-bond donors (Lipinski definition) is 9. The molecule has 2 fully saturated rings. The van der Waals surface area contributed by atoms with Gasteiger partial charge in [0.15, 0.2) is 5.72 Å². The molecule has 2 aromatic carbocycles. The zero-order valence-corrected chi connectivity index (χ0v) is 58.1. The number of epoxide rings is 1. The molecule has 92 heavy (non-hydrogen) atoms. The topological polar surface area (TPSA) is 286 Å². The van der Waals surface area contributed by atoms with E-state index in [4.69, 9.17) is 52.6 Å². The third-order valence-corrected chi connectivity index (χ3v) is 18.6. The standard InChI is InChI=1S/C69H109Cl2N9O12/c1-12-16-19-27-47(25-14-3)42-89-55-38-48-36-45(7)26-23-30-57(88-11)69(87)41-56(90-67(86)79-69)46(8)63-68(9,92-63)58(40-60(82)80(10)54(37-48)61(55)71)91-66(85)77-52-33-32-50(39-51(52)70)75-64(83)53(29-24-34-73-43-72)76-65(84)62(44(5)6)78-59(81)31-21-18-22-35-74-49(15-4)28-20-17-13-2/h23,26,30,32-33,37-39,44,46-47,49,53,56-58,62-63,73-74,87H,12-22,24-25,27-29,31,34-36,40-43,72H2,1-11H3,(H,75,83)(H,76,84)(H,77,85)(H,78,81)(H,79,86)/b30-23+,45-26+/t46-,47?,49?,53+,56+,57-,58+,62+,63+,68+,69+/m1/s1. The number of fused-ring (bicyclic) bond motifs is 5. The van der Waals surface area contributed by atoms with Crippen molar-refractivity contribution in [3.8, 4) is 5.75 Å². The zero-order valence-electron chi connectivity index (χ0n) is 56.6. The summed E-state index contributed by atoms with van der Waals surface area (Å²) in [6.45, 7) is 19.9. The summed E-state index contributed by atoms with van der Waals surface area (Å²) in [7, 11) is 3.03. The molecule has 4 bridgehead atoms. The van der Waals surface area contributed by atoms with Crippen molar-refractivity contribution >= 4 is 76.1 Å². The molecule has 2 unspecified atom stereocenters. The van der Waals surface area contributed by atoms with Gasteiger partial charge in [-0.15, -0.1) is 0 Å². The molecule has 2 aromatic rings. The molecular weight excluding hydrogens is 1220 g/mol. The largest absolute Gasteiger partial charge is 0.492 e. The number of ether oxygens (including phenoxy) is 5. The first kappa shape index (κ1) is 77.2. The van der Waals surface area contributed by atoms with E-state index in [1.807, 2.05) is 39.0 Å². The van der Waals surface area contributed by atoms with E-state index in [0.717, 1.165) is 75.5 Å². The number of nitrogens with one attached hydrogen (secondary N) is 7. The highest BCUT2D eigenvalue weighted by molar-refractivity contribution is 6.35. The number of rotatable bonds is 35. The van der Waals surface area contributed by atoms with Crippen LogP contribution in [0.1, 0.15) is 190 Å². The number of carbonyl (C=O) groups excluding carboxylic acids is 6. The molecule has 0 aromatic heterocycles. The molecule has 3 aliphatic heterocycles. The number of halogens is 2. The number of unbranched alkanes of at least 4 members (excludes halogenated alkanes) is 6. The molecule has 10 N–H and O–H groups in total. The molecule has 6 amide bonds. The summed E-state index contributed by atoms with van der Waals surface area (Å²) < 4.78 is 30.7. The second-order valence-corrected chi connectivity index (χ2v) is 26.6. The predicted octanol–water partition coefficient (Wildman–Crippen LogP) is 11.8. The van der Waals surface area contributed by atoms with Crippen molar-refractivity contribution in [3.63, 3.8) is 0 Å². The molecule has 0 saturated carbocycles. The van der Waals surface area contributed by atoms with Gasteiger partial charge in [-0.25, -0.2) is 9.59 Å². The van der Waals surface area contributed by atoms with Gasteiger partial charge in [0, 0.05) is 51.3 Å². The van der Waals surface area contributed by atoms with Gasteiger partial charge < -0.3 is 66.0 Å². The molecule has 5 rings (SSSR count). The van der Waals surface area contributed by atoms with Gasteiger partial charge in [0.25, 0.3) is 0 Å². The van der Waals surface area contributed by atoms with Gasteiger partial charge in [-0.2, -0.15) is 0 Å². The quantitative estimate of drug-likeness (QED) is 0.0176.